The second-order valence-electron chi connectivity index (χ2n) is 5.46. The van der Waals surface area contributed by atoms with Crippen LogP contribution in [0, 0.1) is 20.8 Å². The molecule has 5 nitrogen and oxygen atoms in total. The minimum atomic E-state index is -4.41. The minimum absolute atomic E-state index is 0.156. The summed E-state index contributed by atoms with van der Waals surface area (Å²) in [5.41, 5.74) is 0.154. The fourth-order valence-corrected chi connectivity index (χ4v) is 2.38. The number of rotatable bonds is 3. The largest absolute Gasteiger partial charge is 0.441 e. The summed E-state index contributed by atoms with van der Waals surface area (Å²) >= 11 is 0. The van der Waals surface area contributed by atoms with Crippen LogP contribution in [0.15, 0.2) is 28.7 Å². The molecule has 0 spiro atoms. The van der Waals surface area contributed by atoms with E-state index in [0.29, 0.717) is 23.8 Å². The monoisotopic (exact) mass is 336 g/mol. The maximum Gasteiger partial charge on any atom is 0.416 e. The smallest absolute Gasteiger partial charge is 0.416 e. The molecule has 3 aromatic rings. The first-order valence-corrected chi connectivity index (χ1v) is 7.26. The number of nitrogens with zero attached hydrogens (tertiary/aromatic N) is 4. The van der Waals surface area contributed by atoms with Gasteiger partial charge in [-0.25, -0.2) is 14.6 Å². The molecule has 2 aromatic heterocycles. The van der Waals surface area contributed by atoms with E-state index in [0.717, 1.165) is 18.0 Å². The topological polar surface area (TPSA) is 56.7 Å². The van der Waals surface area contributed by atoms with Gasteiger partial charge in [0.25, 0.3) is 0 Å². The highest BCUT2D eigenvalue weighted by Crippen LogP contribution is 2.32. The molecule has 0 N–H and O–H groups in total. The van der Waals surface area contributed by atoms with Crippen LogP contribution in [0.2, 0.25) is 0 Å². The van der Waals surface area contributed by atoms with Gasteiger partial charge in [0, 0.05) is 5.56 Å². The zero-order valence-corrected chi connectivity index (χ0v) is 13.3. The van der Waals surface area contributed by atoms with E-state index in [1.165, 1.54) is 12.1 Å². The van der Waals surface area contributed by atoms with Crippen molar-refractivity contribution < 1.29 is 17.6 Å². The summed E-state index contributed by atoms with van der Waals surface area (Å²) in [7, 11) is 0. The van der Waals surface area contributed by atoms with Gasteiger partial charge in [-0.3, -0.25) is 0 Å². The van der Waals surface area contributed by atoms with Crippen LogP contribution in [0.25, 0.3) is 11.5 Å². The molecule has 0 aliphatic heterocycles. The quantitative estimate of drug-likeness (QED) is 0.727. The average molecular weight is 336 g/mol. The zero-order chi connectivity index (χ0) is 17.5. The lowest BCUT2D eigenvalue weighted by Gasteiger charge is -2.06. The Hall–Kier alpha value is -2.64. The van der Waals surface area contributed by atoms with Crippen molar-refractivity contribution in [2.24, 2.45) is 0 Å². The maximum absolute atomic E-state index is 12.8. The van der Waals surface area contributed by atoms with Crippen molar-refractivity contribution in [1.29, 1.82) is 0 Å². The number of hydrogen-bond donors (Lipinski definition) is 0. The average Bonchev–Trinajstić information content (AvgIpc) is 3.02. The van der Waals surface area contributed by atoms with Gasteiger partial charge in [0.15, 0.2) is 0 Å². The number of alkyl halides is 3. The van der Waals surface area contributed by atoms with E-state index in [9.17, 15) is 13.2 Å². The number of oxazole rings is 1. The van der Waals surface area contributed by atoms with Crippen LogP contribution in [0.4, 0.5) is 13.2 Å². The summed E-state index contributed by atoms with van der Waals surface area (Å²) in [5, 5.41) is 4.25. The fraction of sp³-hybridized carbons (Fsp3) is 0.312. The Morgan fingerprint density at radius 1 is 1.12 bits per heavy atom. The molecule has 0 fully saturated rings. The molecule has 0 amide bonds. The Balaban J connectivity index is 1.93. The first-order chi connectivity index (χ1) is 11.2. The molecule has 0 atom stereocenters. The third-order valence-corrected chi connectivity index (χ3v) is 3.59. The van der Waals surface area contributed by atoms with Crippen LogP contribution in [0.5, 0.6) is 0 Å². The molecular formula is C16H15F3N4O. The normalized spacial score (nSPS) is 11.9. The molecule has 24 heavy (non-hydrogen) atoms. The van der Waals surface area contributed by atoms with Gasteiger partial charge < -0.3 is 4.42 Å². The summed E-state index contributed by atoms with van der Waals surface area (Å²) in [6, 6.07) is 4.92. The van der Waals surface area contributed by atoms with E-state index in [2.05, 4.69) is 15.1 Å². The van der Waals surface area contributed by atoms with Crippen molar-refractivity contribution in [1.82, 2.24) is 19.7 Å². The third kappa shape index (κ3) is 3.17. The van der Waals surface area contributed by atoms with E-state index >= 15 is 0 Å². The zero-order valence-electron chi connectivity index (χ0n) is 13.3. The summed E-state index contributed by atoms with van der Waals surface area (Å²) in [6.07, 6.45) is -4.41. The van der Waals surface area contributed by atoms with E-state index < -0.39 is 11.7 Å². The lowest BCUT2D eigenvalue weighted by Crippen LogP contribution is -2.06. The Bertz CT molecular complexity index is 880. The molecule has 8 heteroatoms. The third-order valence-electron chi connectivity index (χ3n) is 3.59. The van der Waals surface area contributed by atoms with Crippen LogP contribution < -0.4 is 0 Å². The molecule has 2 heterocycles. The summed E-state index contributed by atoms with van der Waals surface area (Å²) < 4.78 is 45.7. The van der Waals surface area contributed by atoms with E-state index in [1.807, 2.05) is 6.92 Å². The molecule has 0 saturated carbocycles. The van der Waals surface area contributed by atoms with Crippen molar-refractivity contribution in [2.45, 2.75) is 33.5 Å². The van der Waals surface area contributed by atoms with Crippen LogP contribution in [0.1, 0.15) is 28.7 Å². The van der Waals surface area contributed by atoms with Gasteiger partial charge in [0.2, 0.25) is 5.89 Å². The lowest BCUT2D eigenvalue weighted by atomic mass is 10.1. The number of benzene rings is 1. The molecule has 126 valence electrons. The van der Waals surface area contributed by atoms with Crippen molar-refractivity contribution in [2.75, 3.05) is 0 Å². The summed E-state index contributed by atoms with van der Waals surface area (Å²) in [4.78, 5) is 8.54. The molecule has 0 saturated heterocycles. The Morgan fingerprint density at radius 3 is 2.50 bits per heavy atom. The van der Waals surface area contributed by atoms with Gasteiger partial charge in [-0.2, -0.15) is 18.3 Å². The number of hydrogen-bond acceptors (Lipinski definition) is 4. The molecule has 0 radical (unpaired) electrons. The highest BCUT2D eigenvalue weighted by Gasteiger charge is 2.30. The fourth-order valence-electron chi connectivity index (χ4n) is 2.38. The highest BCUT2D eigenvalue weighted by atomic mass is 19.4. The molecule has 0 unspecified atom stereocenters. The second-order valence-corrected chi connectivity index (χ2v) is 5.46. The number of aryl methyl sites for hydroxylation is 3. The summed E-state index contributed by atoms with van der Waals surface area (Å²) in [5.74, 6) is 2.07. The Labute approximate surface area is 136 Å². The minimum Gasteiger partial charge on any atom is -0.441 e. The molecule has 3 rings (SSSR count). The van der Waals surface area contributed by atoms with Gasteiger partial charge in [-0.05, 0) is 39.0 Å². The summed E-state index contributed by atoms with van der Waals surface area (Å²) in [6.45, 7) is 5.68. The maximum atomic E-state index is 12.8. The van der Waals surface area contributed by atoms with Crippen molar-refractivity contribution in [3.05, 3.63) is 52.9 Å². The first kappa shape index (κ1) is 16.2. The Morgan fingerprint density at radius 2 is 1.88 bits per heavy atom. The predicted octanol–water partition coefficient (Wildman–Crippen LogP) is 3.93. The molecule has 0 aliphatic carbocycles. The van der Waals surface area contributed by atoms with Gasteiger partial charge >= 0.3 is 6.18 Å². The van der Waals surface area contributed by atoms with Gasteiger partial charge in [-0.15, -0.1) is 0 Å². The van der Waals surface area contributed by atoms with E-state index in [-0.39, 0.29) is 11.5 Å². The van der Waals surface area contributed by atoms with Crippen molar-refractivity contribution in [3.8, 4) is 11.5 Å². The highest BCUT2D eigenvalue weighted by molar-refractivity contribution is 5.55. The lowest BCUT2D eigenvalue weighted by molar-refractivity contribution is -0.137. The van der Waals surface area contributed by atoms with Crippen molar-refractivity contribution in [3.63, 3.8) is 0 Å². The molecule has 0 bridgehead atoms. The van der Waals surface area contributed by atoms with Gasteiger partial charge in [0.05, 0.1) is 12.1 Å². The molecule has 1 aromatic carbocycles. The standard InChI is InChI=1S/C16H15F3N4O/c1-9-14(8-23-11(3)20-10(2)22-23)21-15(24-9)12-5-4-6-13(7-12)16(17,18)19/h4-7H,8H2,1-3H3. The van der Waals surface area contributed by atoms with Crippen LogP contribution in [0.3, 0.4) is 0 Å². The first-order valence-electron chi connectivity index (χ1n) is 7.26. The van der Waals surface area contributed by atoms with E-state index in [4.69, 9.17) is 4.42 Å². The van der Waals surface area contributed by atoms with Crippen LogP contribution in [-0.4, -0.2) is 19.7 Å². The molecule has 0 aliphatic rings. The van der Waals surface area contributed by atoms with Gasteiger partial charge in [-0.1, -0.05) is 6.07 Å². The van der Waals surface area contributed by atoms with Crippen molar-refractivity contribution >= 4 is 0 Å². The molecular weight excluding hydrogens is 321 g/mol. The SMILES string of the molecule is Cc1nc(C)n(Cc2nc(-c3cccc(C(F)(F)F)c3)oc2C)n1. The van der Waals surface area contributed by atoms with E-state index in [1.54, 1.807) is 18.5 Å². The predicted molar refractivity (Wildman–Crippen MR) is 80.3 cm³/mol. The number of aromatic nitrogens is 4. The van der Waals surface area contributed by atoms with Crippen LogP contribution >= 0.6 is 0 Å². The van der Waals surface area contributed by atoms with Gasteiger partial charge in [0.1, 0.15) is 23.1 Å². The Kier molecular flexibility index (Phi) is 3.90. The number of halogens is 3. The van der Waals surface area contributed by atoms with Crippen LogP contribution in [-0.2, 0) is 12.7 Å². The second kappa shape index (κ2) is 5.77.